The molecule has 98 valence electrons. The molecule has 0 aliphatic rings. The fourth-order valence-electron chi connectivity index (χ4n) is 2.24. The Kier molecular flexibility index (Phi) is 3.48. The highest BCUT2D eigenvalue weighted by Gasteiger charge is 2.13. The second-order valence-electron chi connectivity index (χ2n) is 4.57. The quantitative estimate of drug-likeness (QED) is 0.670. The van der Waals surface area contributed by atoms with E-state index in [4.69, 9.17) is 11.6 Å². The number of Topliss-reactive ketones (excluding diaryl/α,β-unsaturated/α-hetero) is 1. The summed E-state index contributed by atoms with van der Waals surface area (Å²) in [6, 6.07) is 17.1. The number of pyridine rings is 1. The summed E-state index contributed by atoms with van der Waals surface area (Å²) in [5.74, 6) is -0.0186. The first-order valence-corrected chi connectivity index (χ1v) is 6.74. The highest BCUT2D eigenvalue weighted by Crippen LogP contribution is 2.20. The van der Waals surface area contributed by atoms with Gasteiger partial charge in [-0.1, -0.05) is 54.1 Å². The Balaban J connectivity index is 1.99. The largest absolute Gasteiger partial charge is 0.292 e. The van der Waals surface area contributed by atoms with Crippen molar-refractivity contribution >= 4 is 28.2 Å². The topological polar surface area (TPSA) is 30.0 Å². The van der Waals surface area contributed by atoms with Crippen LogP contribution in [-0.4, -0.2) is 10.8 Å². The van der Waals surface area contributed by atoms with Gasteiger partial charge < -0.3 is 0 Å². The summed E-state index contributed by atoms with van der Waals surface area (Å²) < 4.78 is 0. The molecule has 0 saturated carbocycles. The van der Waals surface area contributed by atoms with Gasteiger partial charge in [0.25, 0.3) is 0 Å². The number of hydrogen-bond acceptors (Lipinski definition) is 2. The van der Waals surface area contributed by atoms with Gasteiger partial charge in [0.05, 0.1) is 0 Å². The highest BCUT2D eigenvalue weighted by molar-refractivity contribution is 6.31. The van der Waals surface area contributed by atoms with Gasteiger partial charge in [0.2, 0.25) is 0 Å². The molecule has 3 rings (SSSR count). The fraction of sp³-hybridized carbons (Fsp3) is 0.0588. The van der Waals surface area contributed by atoms with Crippen molar-refractivity contribution in [2.75, 3.05) is 0 Å². The van der Waals surface area contributed by atoms with Crippen molar-refractivity contribution in [3.05, 3.63) is 77.1 Å². The third-order valence-electron chi connectivity index (χ3n) is 3.25. The van der Waals surface area contributed by atoms with E-state index in [0.29, 0.717) is 10.7 Å². The second-order valence-corrected chi connectivity index (χ2v) is 4.98. The van der Waals surface area contributed by atoms with Gasteiger partial charge in [0, 0.05) is 23.0 Å². The monoisotopic (exact) mass is 281 g/mol. The minimum absolute atomic E-state index is 0.0186. The molecule has 0 unspecified atom stereocenters. The Bertz CT molecular complexity index is 777. The number of aromatic nitrogens is 1. The average molecular weight is 282 g/mol. The molecule has 0 radical (unpaired) electrons. The summed E-state index contributed by atoms with van der Waals surface area (Å²) in [5.41, 5.74) is 1.33. The fourth-order valence-corrected chi connectivity index (χ4v) is 2.44. The molecule has 0 saturated heterocycles. The van der Waals surface area contributed by atoms with E-state index in [1.54, 1.807) is 12.3 Å². The van der Waals surface area contributed by atoms with Crippen LogP contribution in [0.25, 0.3) is 10.8 Å². The van der Waals surface area contributed by atoms with Crippen LogP contribution >= 0.6 is 11.6 Å². The Morgan fingerprint density at radius 3 is 2.60 bits per heavy atom. The number of rotatable bonds is 3. The molecule has 20 heavy (non-hydrogen) atoms. The maximum Gasteiger partial charge on any atom is 0.186 e. The van der Waals surface area contributed by atoms with Crippen molar-refractivity contribution in [3.63, 3.8) is 0 Å². The van der Waals surface area contributed by atoms with Crippen LogP contribution in [0.15, 0.2) is 60.8 Å². The van der Waals surface area contributed by atoms with E-state index >= 15 is 0 Å². The lowest BCUT2D eigenvalue weighted by atomic mass is 10.0. The zero-order valence-electron chi connectivity index (χ0n) is 10.7. The first kappa shape index (κ1) is 12.8. The van der Waals surface area contributed by atoms with Crippen LogP contribution in [0.3, 0.4) is 0 Å². The number of fused-ring (bicyclic) bond motifs is 1. The lowest BCUT2D eigenvalue weighted by molar-refractivity contribution is 0.0990. The lowest BCUT2D eigenvalue weighted by Gasteiger charge is -2.06. The van der Waals surface area contributed by atoms with Crippen molar-refractivity contribution in [2.45, 2.75) is 6.42 Å². The molecular formula is C17H12ClNO. The van der Waals surface area contributed by atoms with E-state index in [-0.39, 0.29) is 12.2 Å². The van der Waals surface area contributed by atoms with E-state index in [1.165, 1.54) is 0 Å². The SMILES string of the molecule is O=C(Cc1ccccc1Cl)c1nccc2ccccc12. The Morgan fingerprint density at radius 1 is 1.00 bits per heavy atom. The molecule has 3 aromatic rings. The Morgan fingerprint density at radius 2 is 1.75 bits per heavy atom. The van der Waals surface area contributed by atoms with Crippen molar-refractivity contribution in [3.8, 4) is 0 Å². The summed E-state index contributed by atoms with van der Waals surface area (Å²) in [7, 11) is 0. The summed E-state index contributed by atoms with van der Waals surface area (Å²) in [6.07, 6.45) is 1.93. The van der Waals surface area contributed by atoms with Gasteiger partial charge in [0.15, 0.2) is 5.78 Å². The summed E-state index contributed by atoms with van der Waals surface area (Å²) >= 11 is 6.10. The third-order valence-corrected chi connectivity index (χ3v) is 3.62. The molecule has 0 fully saturated rings. The van der Waals surface area contributed by atoms with Crippen molar-refractivity contribution < 1.29 is 4.79 Å². The van der Waals surface area contributed by atoms with Gasteiger partial charge in [0.1, 0.15) is 5.69 Å². The predicted octanol–water partition coefficient (Wildman–Crippen LogP) is 4.31. The van der Waals surface area contributed by atoms with Crippen LogP contribution < -0.4 is 0 Å². The maximum absolute atomic E-state index is 12.5. The van der Waals surface area contributed by atoms with Gasteiger partial charge in [-0.2, -0.15) is 0 Å². The molecule has 3 heteroatoms. The summed E-state index contributed by atoms with van der Waals surface area (Å²) in [5, 5.41) is 2.51. The third kappa shape index (κ3) is 2.43. The molecule has 0 aliphatic carbocycles. The smallest absolute Gasteiger partial charge is 0.186 e. The zero-order chi connectivity index (χ0) is 13.9. The van der Waals surface area contributed by atoms with E-state index in [2.05, 4.69) is 4.98 Å². The number of benzene rings is 2. The standard InChI is InChI=1S/C17H12ClNO/c18-15-8-4-2-6-13(15)11-16(20)17-14-7-3-1-5-12(14)9-10-19-17/h1-10H,11H2. The average Bonchev–Trinajstić information content (AvgIpc) is 2.49. The first-order valence-electron chi connectivity index (χ1n) is 6.36. The lowest BCUT2D eigenvalue weighted by Crippen LogP contribution is -2.07. The van der Waals surface area contributed by atoms with Crippen LogP contribution in [0.4, 0.5) is 0 Å². The van der Waals surface area contributed by atoms with Crippen molar-refractivity contribution in [1.82, 2.24) is 4.98 Å². The second kappa shape index (κ2) is 5.43. The molecular weight excluding hydrogens is 270 g/mol. The molecule has 1 aromatic heterocycles. The Hall–Kier alpha value is -2.19. The van der Waals surface area contributed by atoms with E-state index in [0.717, 1.165) is 16.3 Å². The minimum atomic E-state index is -0.0186. The van der Waals surface area contributed by atoms with Gasteiger partial charge in [-0.3, -0.25) is 9.78 Å². The number of nitrogens with zero attached hydrogens (tertiary/aromatic N) is 1. The highest BCUT2D eigenvalue weighted by atomic mass is 35.5. The van der Waals surface area contributed by atoms with Gasteiger partial charge in [-0.05, 0) is 23.1 Å². The van der Waals surface area contributed by atoms with Crippen LogP contribution in [-0.2, 0) is 6.42 Å². The number of carbonyl (C=O) groups is 1. The summed E-state index contributed by atoms with van der Waals surface area (Å²) in [6.45, 7) is 0. The van der Waals surface area contributed by atoms with E-state index in [1.807, 2.05) is 48.5 Å². The molecule has 2 nitrogen and oxygen atoms in total. The zero-order valence-corrected chi connectivity index (χ0v) is 11.5. The Labute approximate surface area is 122 Å². The molecule has 0 aliphatic heterocycles. The molecule has 2 aromatic carbocycles. The molecule has 0 spiro atoms. The van der Waals surface area contributed by atoms with Crippen LogP contribution in [0, 0.1) is 0 Å². The van der Waals surface area contributed by atoms with Crippen molar-refractivity contribution in [2.24, 2.45) is 0 Å². The normalized spacial score (nSPS) is 10.7. The van der Waals surface area contributed by atoms with Gasteiger partial charge in [-0.15, -0.1) is 0 Å². The molecule has 1 heterocycles. The van der Waals surface area contributed by atoms with Crippen molar-refractivity contribution in [1.29, 1.82) is 0 Å². The summed E-state index contributed by atoms with van der Waals surface area (Å²) in [4.78, 5) is 16.7. The van der Waals surface area contributed by atoms with E-state index < -0.39 is 0 Å². The predicted molar refractivity (Wildman–Crippen MR) is 81.2 cm³/mol. The first-order chi connectivity index (χ1) is 9.75. The molecule has 0 amide bonds. The van der Waals surface area contributed by atoms with Gasteiger partial charge in [-0.25, -0.2) is 0 Å². The van der Waals surface area contributed by atoms with Crippen LogP contribution in [0.2, 0.25) is 5.02 Å². The molecule has 0 N–H and O–H groups in total. The number of hydrogen-bond donors (Lipinski definition) is 0. The number of carbonyl (C=O) groups excluding carboxylic acids is 1. The number of ketones is 1. The number of halogens is 1. The van der Waals surface area contributed by atoms with Gasteiger partial charge >= 0.3 is 0 Å². The maximum atomic E-state index is 12.5. The molecule has 0 atom stereocenters. The molecule has 0 bridgehead atoms. The van der Waals surface area contributed by atoms with Crippen LogP contribution in [0.5, 0.6) is 0 Å². The van der Waals surface area contributed by atoms with E-state index in [9.17, 15) is 4.79 Å². The minimum Gasteiger partial charge on any atom is -0.292 e. The van der Waals surface area contributed by atoms with Crippen LogP contribution in [0.1, 0.15) is 16.1 Å².